The van der Waals surface area contributed by atoms with Crippen LogP contribution in [0.2, 0.25) is 0 Å². The number of rotatable bonds is 11. The van der Waals surface area contributed by atoms with E-state index in [4.69, 9.17) is 30.1 Å². The monoisotopic (exact) mass is 412 g/mol. The summed E-state index contributed by atoms with van der Waals surface area (Å²) in [5.41, 5.74) is 0. The fourth-order valence-corrected chi connectivity index (χ4v) is 2.55. The zero-order valence-electron chi connectivity index (χ0n) is 13.9. The molecule has 0 aliphatic carbocycles. The SMILES string of the molecule is CCCCCCCCCCCCN1CNCNC1.[Cl][Cr]([Cl])[Cl]. The predicted molar refractivity (Wildman–Crippen MR) is 97.0 cm³/mol. The van der Waals surface area contributed by atoms with Gasteiger partial charge in [-0.1, -0.05) is 64.7 Å². The zero-order valence-corrected chi connectivity index (χ0v) is 17.4. The van der Waals surface area contributed by atoms with Crippen LogP contribution in [0.5, 0.6) is 0 Å². The Kier molecular flexibility index (Phi) is 19.7. The van der Waals surface area contributed by atoms with Gasteiger partial charge in [0.25, 0.3) is 0 Å². The summed E-state index contributed by atoms with van der Waals surface area (Å²) in [4.78, 5) is 2.45. The molecule has 135 valence electrons. The average molecular weight is 414 g/mol. The van der Waals surface area contributed by atoms with E-state index in [1.54, 1.807) is 0 Å². The molecule has 7 heteroatoms. The molecule has 1 aliphatic rings. The third-order valence-corrected chi connectivity index (χ3v) is 3.75. The topological polar surface area (TPSA) is 27.3 Å². The van der Waals surface area contributed by atoms with Crippen molar-refractivity contribution in [3.63, 3.8) is 0 Å². The molecule has 1 aliphatic heterocycles. The van der Waals surface area contributed by atoms with Crippen molar-refractivity contribution in [3.8, 4) is 0 Å². The molecule has 0 bridgehead atoms. The number of hydrogen-bond acceptors (Lipinski definition) is 3. The summed E-state index contributed by atoms with van der Waals surface area (Å²) in [6.07, 6.45) is 14.3. The molecule has 0 radical (unpaired) electrons. The van der Waals surface area contributed by atoms with E-state index >= 15 is 0 Å². The van der Waals surface area contributed by atoms with Crippen molar-refractivity contribution < 1.29 is 11.4 Å². The molecular weight excluding hydrogens is 381 g/mol. The Morgan fingerprint density at radius 3 is 1.64 bits per heavy atom. The van der Waals surface area contributed by atoms with E-state index in [0.717, 1.165) is 20.0 Å². The Labute approximate surface area is 154 Å². The summed E-state index contributed by atoms with van der Waals surface area (Å²) in [5.74, 6) is 0. The fraction of sp³-hybridized carbons (Fsp3) is 1.00. The summed E-state index contributed by atoms with van der Waals surface area (Å²) in [6.45, 7) is 6.62. The first-order valence-corrected chi connectivity index (χ1v) is 13.8. The van der Waals surface area contributed by atoms with Crippen LogP contribution in [0.15, 0.2) is 0 Å². The van der Waals surface area contributed by atoms with Gasteiger partial charge in [0.15, 0.2) is 0 Å². The molecule has 3 nitrogen and oxygen atoms in total. The number of unbranched alkanes of at least 4 members (excludes halogenated alkanes) is 9. The maximum atomic E-state index is 4.93. The molecule has 1 heterocycles. The van der Waals surface area contributed by atoms with Gasteiger partial charge in [0.2, 0.25) is 0 Å². The van der Waals surface area contributed by atoms with Crippen molar-refractivity contribution in [3.05, 3.63) is 0 Å². The van der Waals surface area contributed by atoms with Gasteiger partial charge in [-0.3, -0.25) is 15.5 Å². The number of nitrogens with one attached hydrogen (secondary N) is 2. The Hall–Kier alpha value is 1.28. The number of hydrogen-bond donors (Lipinski definition) is 2. The van der Waals surface area contributed by atoms with Crippen LogP contribution in [0.4, 0.5) is 0 Å². The summed E-state index contributed by atoms with van der Waals surface area (Å²) < 4.78 is 0. The molecule has 0 atom stereocenters. The third kappa shape index (κ3) is 19.3. The Bertz CT molecular complexity index is 215. The summed E-state index contributed by atoms with van der Waals surface area (Å²) in [7, 11) is 14.8. The van der Waals surface area contributed by atoms with Gasteiger partial charge in [0, 0.05) is 13.2 Å². The minimum atomic E-state index is -1.62. The van der Waals surface area contributed by atoms with Gasteiger partial charge in [0.1, 0.15) is 0 Å². The van der Waals surface area contributed by atoms with Gasteiger partial charge < -0.3 is 0 Å². The van der Waals surface area contributed by atoms with Crippen molar-refractivity contribution in [2.75, 3.05) is 26.6 Å². The van der Waals surface area contributed by atoms with Crippen molar-refractivity contribution in [2.24, 2.45) is 0 Å². The molecule has 0 aromatic heterocycles. The zero-order chi connectivity index (χ0) is 16.5. The van der Waals surface area contributed by atoms with Crippen molar-refractivity contribution in [1.82, 2.24) is 15.5 Å². The third-order valence-electron chi connectivity index (χ3n) is 3.75. The second-order valence-corrected chi connectivity index (χ2v) is 12.1. The molecule has 0 amide bonds. The van der Waals surface area contributed by atoms with Gasteiger partial charge in [-0.2, -0.15) is 0 Å². The molecule has 0 spiro atoms. The van der Waals surface area contributed by atoms with Gasteiger partial charge in [-0.25, -0.2) is 0 Å². The summed E-state index contributed by atoms with van der Waals surface area (Å²) in [6, 6.07) is 0. The van der Waals surface area contributed by atoms with E-state index in [0.29, 0.717) is 0 Å². The van der Waals surface area contributed by atoms with Crippen LogP contribution < -0.4 is 10.6 Å². The molecule has 0 unspecified atom stereocenters. The molecular formula is C15H33Cl3CrN3. The van der Waals surface area contributed by atoms with Crippen molar-refractivity contribution >= 4 is 30.1 Å². The Morgan fingerprint density at radius 2 is 1.18 bits per heavy atom. The van der Waals surface area contributed by atoms with Crippen LogP contribution in [0.3, 0.4) is 0 Å². The molecule has 1 rings (SSSR count). The van der Waals surface area contributed by atoms with E-state index < -0.39 is 11.4 Å². The van der Waals surface area contributed by atoms with Crippen LogP contribution in [-0.4, -0.2) is 31.5 Å². The van der Waals surface area contributed by atoms with Crippen molar-refractivity contribution in [2.45, 2.75) is 71.1 Å². The quantitative estimate of drug-likeness (QED) is 0.448. The van der Waals surface area contributed by atoms with Crippen LogP contribution in [0.25, 0.3) is 0 Å². The normalized spacial score (nSPS) is 15.7. The molecule has 0 saturated carbocycles. The van der Waals surface area contributed by atoms with Gasteiger partial charge in [0.05, 0.1) is 13.3 Å². The van der Waals surface area contributed by atoms with Gasteiger partial charge >= 0.3 is 41.5 Å². The van der Waals surface area contributed by atoms with E-state index in [-0.39, 0.29) is 0 Å². The molecule has 0 aromatic carbocycles. The van der Waals surface area contributed by atoms with Crippen LogP contribution in [0, 0.1) is 0 Å². The first-order valence-electron chi connectivity index (χ1n) is 8.53. The van der Waals surface area contributed by atoms with E-state index in [9.17, 15) is 0 Å². The molecule has 22 heavy (non-hydrogen) atoms. The average Bonchev–Trinajstić information content (AvgIpc) is 2.50. The standard InChI is InChI=1S/C15H33N3.3ClH.Cr/c1-2-3-4-5-6-7-8-9-10-11-12-18-14-16-13-17-15-18;;;;/h16-17H,2-15H2,1H3;3*1H;/q;;;;+3/p-3. The summed E-state index contributed by atoms with van der Waals surface area (Å²) in [5, 5.41) is 6.67. The Balaban J connectivity index is 0.000000980. The first kappa shape index (κ1) is 23.3. The fourth-order valence-electron chi connectivity index (χ4n) is 2.55. The van der Waals surface area contributed by atoms with Gasteiger partial charge in [-0.05, 0) is 6.42 Å². The molecule has 2 N–H and O–H groups in total. The Morgan fingerprint density at radius 1 is 0.773 bits per heavy atom. The van der Waals surface area contributed by atoms with Crippen LogP contribution >= 0.6 is 30.1 Å². The van der Waals surface area contributed by atoms with Crippen LogP contribution in [0.1, 0.15) is 71.1 Å². The second-order valence-electron chi connectivity index (χ2n) is 5.74. The van der Waals surface area contributed by atoms with Crippen LogP contribution in [-0.2, 0) is 11.4 Å². The van der Waals surface area contributed by atoms with E-state index in [1.807, 2.05) is 0 Å². The van der Waals surface area contributed by atoms with E-state index in [2.05, 4.69) is 22.5 Å². The number of halogens is 3. The molecule has 0 aromatic rings. The number of nitrogens with zero attached hydrogens (tertiary/aromatic N) is 1. The minimum absolute atomic E-state index is 0.967. The van der Waals surface area contributed by atoms with Crippen molar-refractivity contribution in [1.29, 1.82) is 0 Å². The predicted octanol–water partition coefficient (Wildman–Crippen LogP) is 5.34. The molecule has 1 saturated heterocycles. The second kappa shape index (κ2) is 18.6. The van der Waals surface area contributed by atoms with Gasteiger partial charge in [-0.15, -0.1) is 0 Å². The van der Waals surface area contributed by atoms with E-state index in [1.165, 1.54) is 70.8 Å². The molecule has 1 fully saturated rings. The summed E-state index contributed by atoms with van der Waals surface area (Å²) >= 11 is -1.62. The first-order chi connectivity index (χ1) is 10.7. The maximum absolute atomic E-state index is 4.93.